The minimum absolute atomic E-state index is 0.0326. The molecule has 0 unspecified atom stereocenters. The van der Waals surface area contributed by atoms with Crippen LogP contribution in [0.3, 0.4) is 0 Å². The van der Waals surface area contributed by atoms with E-state index < -0.39 is 0 Å². The molecule has 7 nitrogen and oxygen atoms in total. The third-order valence-electron chi connectivity index (χ3n) is 3.97. The molecule has 4 rings (SSSR count). The van der Waals surface area contributed by atoms with Crippen LogP contribution in [0.2, 0.25) is 0 Å². The number of nitrogens with zero attached hydrogens (tertiary/aromatic N) is 4. The van der Waals surface area contributed by atoms with Crippen LogP contribution in [0, 0.1) is 0 Å². The summed E-state index contributed by atoms with van der Waals surface area (Å²) in [7, 11) is 0. The second-order valence-electron chi connectivity index (χ2n) is 5.58. The average Bonchev–Trinajstić information content (AvgIpc) is 3.24. The number of aryl methyl sites for hydroxylation is 1. The lowest BCUT2D eigenvalue weighted by atomic mass is 10.1. The van der Waals surface area contributed by atoms with E-state index >= 15 is 0 Å². The van der Waals surface area contributed by atoms with Crippen LogP contribution in [-0.4, -0.2) is 31.4 Å². The molecule has 128 valence electrons. The number of hydrogen-bond acceptors (Lipinski definition) is 7. The minimum atomic E-state index is -0.284. The fourth-order valence-electron chi connectivity index (χ4n) is 2.84. The summed E-state index contributed by atoms with van der Waals surface area (Å²) in [6.07, 6.45) is 1.73. The maximum atomic E-state index is 12.5. The molecule has 0 bridgehead atoms. The first kappa shape index (κ1) is 16.2. The van der Waals surface area contributed by atoms with Crippen LogP contribution in [0.4, 0.5) is 5.13 Å². The Morgan fingerprint density at radius 1 is 1.40 bits per heavy atom. The number of thioether (sulfide) groups is 1. The second-order valence-corrected chi connectivity index (χ2v) is 8.07. The van der Waals surface area contributed by atoms with E-state index in [1.807, 2.05) is 6.92 Å². The molecule has 0 atom stereocenters. The highest BCUT2D eigenvalue weighted by Gasteiger charge is 2.17. The van der Waals surface area contributed by atoms with Gasteiger partial charge >= 0.3 is 0 Å². The van der Waals surface area contributed by atoms with E-state index in [0.717, 1.165) is 28.8 Å². The molecule has 3 aromatic rings. The van der Waals surface area contributed by atoms with Crippen molar-refractivity contribution < 1.29 is 4.79 Å². The molecule has 1 aromatic carbocycles. The molecule has 0 fully saturated rings. The Morgan fingerprint density at radius 3 is 3.12 bits per heavy atom. The Kier molecular flexibility index (Phi) is 4.26. The number of fused-ring (bicyclic) bond motifs is 2. The zero-order valence-corrected chi connectivity index (χ0v) is 15.1. The number of aromatic nitrogens is 4. The summed E-state index contributed by atoms with van der Waals surface area (Å²) in [5.41, 5.74) is 0.974. The summed E-state index contributed by atoms with van der Waals surface area (Å²) >= 11 is 2.92. The topological polar surface area (TPSA) is 89.8 Å². The van der Waals surface area contributed by atoms with Crippen molar-refractivity contribution >= 4 is 45.0 Å². The summed E-state index contributed by atoms with van der Waals surface area (Å²) in [6, 6.07) is 4.98. The van der Waals surface area contributed by atoms with Crippen LogP contribution in [0.25, 0.3) is 10.9 Å². The Balaban J connectivity index is 1.63. The second kappa shape index (κ2) is 6.57. The molecule has 9 heteroatoms. The maximum Gasteiger partial charge on any atom is 0.261 e. The molecule has 1 aliphatic rings. The Hall–Kier alpha value is -2.26. The molecule has 2 aromatic heterocycles. The summed E-state index contributed by atoms with van der Waals surface area (Å²) in [5, 5.41) is 11.7. The molecular formula is C16H15N5O2S2. The van der Waals surface area contributed by atoms with E-state index in [0.29, 0.717) is 28.1 Å². The quantitative estimate of drug-likeness (QED) is 0.558. The van der Waals surface area contributed by atoms with Gasteiger partial charge in [0.25, 0.3) is 11.5 Å². The van der Waals surface area contributed by atoms with Gasteiger partial charge in [-0.2, -0.15) is 0 Å². The van der Waals surface area contributed by atoms with E-state index in [2.05, 4.69) is 20.5 Å². The smallest absolute Gasteiger partial charge is 0.261 e. The van der Waals surface area contributed by atoms with Gasteiger partial charge < -0.3 is 0 Å². The molecule has 0 saturated carbocycles. The van der Waals surface area contributed by atoms with Gasteiger partial charge in [-0.1, -0.05) is 30.0 Å². The average molecular weight is 373 g/mol. The number of rotatable bonds is 4. The summed E-state index contributed by atoms with van der Waals surface area (Å²) in [4.78, 5) is 29.5. The predicted molar refractivity (Wildman–Crippen MR) is 98.6 cm³/mol. The number of amides is 1. The lowest BCUT2D eigenvalue weighted by Crippen LogP contribution is -2.21. The highest BCUT2D eigenvalue weighted by Crippen LogP contribution is 2.25. The van der Waals surface area contributed by atoms with Crippen molar-refractivity contribution in [2.24, 2.45) is 0 Å². The Labute approximate surface area is 151 Å². The number of nitrogens with one attached hydrogen (secondary N) is 1. The zero-order valence-electron chi connectivity index (χ0n) is 13.5. The van der Waals surface area contributed by atoms with Crippen LogP contribution < -0.4 is 10.9 Å². The number of hydrogen-bond donors (Lipinski definition) is 1. The van der Waals surface area contributed by atoms with Gasteiger partial charge in [0, 0.05) is 18.5 Å². The lowest BCUT2D eigenvalue weighted by Gasteiger charge is -2.06. The molecule has 0 saturated heterocycles. The monoisotopic (exact) mass is 373 g/mol. The molecular weight excluding hydrogens is 358 g/mol. The summed E-state index contributed by atoms with van der Waals surface area (Å²) < 4.78 is 2.54. The Morgan fingerprint density at radius 2 is 2.28 bits per heavy atom. The first-order valence-electron chi connectivity index (χ1n) is 7.97. The molecule has 1 aliphatic heterocycles. The van der Waals surface area contributed by atoms with Crippen molar-refractivity contribution in [1.29, 1.82) is 0 Å². The molecule has 1 N–H and O–H groups in total. The number of carbonyl (C=O) groups excluding carboxylic acids is 1. The number of anilines is 1. The van der Waals surface area contributed by atoms with Gasteiger partial charge in [0.2, 0.25) is 5.13 Å². The van der Waals surface area contributed by atoms with E-state index in [4.69, 9.17) is 0 Å². The minimum Gasteiger partial charge on any atom is -0.296 e. The number of carbonyl (C=O) groups is 1. The van der Waals surface area contributed by atoms with Crippen LogP contribution in [0.5, 0.6) is 0 Å². The Bertz CT molecular complexity index is 1030. The molecule has 0 spiro atoms. The third kappa shape index (κ3) is 3.05. The van der Waals surface area contributed by atoms with Gasteiger partial charge in [-0.05, 0) is 30.4 Å². The summed E-state index contributed by atoms with van der Waals surface area (Å²) in [5.74, 6) is 1.41. The molecule has 25 heavy (non-hydrogen) atoms. The van der Waals surface area contributed by atoms with Crippen molar-refractivity contribution in [1.82, 2.24) is 19.7 Å². The van der Waals surface area contributed by atoms with Gasteiger partial charge in [0.1, 0.15) is 5.82 Å². The van der Waals surface area contributed by atoms with Gasteiger partial charge in [0.05, 0.1) is 10.9 Å². The fourth-order valence-corrected chi connectivity index (χ4v) is 4.48. The molecule has 0 radical (unpaired) electrons. The van der Waals surface area contributed by atoms with Crippen LogP contribution in [-0.2, 0) is 13.0 Å². The first-order valence-corrected chi connectivity index (χ1v) is 9.77. The van der Waals surface area contributed by atoms with Crippen molar-refractivity contribution in [2.45, 2.75) is 30.6 Å². The fraction of sp³-hybridized carbons (Fsp3) is 0.312. The van der Waals surface area contributed by atoms with Crippen LogP contribution in [0.1, 0.15) is 29.5 Å². The van der Waals surface area contributed by atoms with Gasteiger partial charge in [-0.3, -0.25) is 19.5 Å². The third-order valence-corrected chi connectivity index (χ3v) is 5.83. The number of benzene rings is 1. The normalized spacial score (nSPS) is 13.2. The maximum absolute atomic E-state index is 12.5. The van der Waals surface area contributed by atoms with Crippen LogP contribution in [0.15, 0.2) is 27.3 Å². The molecule has 1 amide bonds. The van der Waals surface area contributed by atoms with Gasteiger partial charge in [0.15, 0.2) is 4.34 Å². The van der Waals surface area contributed by atoms with Crippen molar-refractivity contribution in [3.63, 3.8) is 0 Å². The van der Waals surface area contributed by atoms with Gasteiger partial charge in [-0.15, -0.1) is 10.2 Å². The summed E-state index contributed by atoms with van der Waals surface area (Å²) in [6.45, 7) is 2.75. The predicted octanol–water partition coefficient (Wildman–Crippen LogP) is 2.56. The lowest BCUT2D eigenvalue weighted by molar-refractivity contribution is 0.102. The molecule has 0 aliphatic carbocycles. The zero-order chi connectivity index (χ0) is 17.4. The highest BCUT2D eigenvalue weighted by atomic mass is 32.2. The molecule has 3 heterocycles. The van der Waals surface area contributed by atoms with Crippen molar-refractivity contribution in [2.75, 3.05) is 11.1 Å². The largest absolute Gasteiger partial charge is 0.296 e. The SMILES string of the molecule is CCSc1nnc(NC(=O)c2ccc3c(=O)n4c(nc3c2)CCC4)s1. The highest BCUT2D eigenvalue weighted by molar-refractivity contribution is 8.01. The van der Waals surface area contributed by atoms with E-state index in [1.54, 1.807) is 34.5 Å². The standard InChI is InChI=1S/C16H15N5O2S2/c1-2-24-16-20-19-15(25-16)18-13(22)9-5-6-10-11(8-9)17-12-4-3-7-21(12)14(10)23/h5-6,8H,2-4,7H2,1H3,(H,18,19,22). The van der Waals surface area contributed by atoms with Crippen molar-refractivity contribution in [3.05, 3.63) is 39.9 Å². The first-order chi connectivity index (χ1) is 12.2. The van der Waals surface area contributed by atoms with E-state index in [-0.39, 0.29) is 11.5 Å². The van der Waals surface area contributed by atoms with Crippen LogP contribution >= 0.6 is 23.1 Å². The van der Waals surface area contributed by atoms with Crippen molar-refractivity contribution in [3.8, 4) is 0 Å². The van der Waals surface area contributed by atoms with E-state index in [1.165, 1.54) is 11.3 Å². The van der Waals surface area contributed by atoms with Gasteiger partial charge in [-0.25, -0.2) is 4.98 Å². The van der Waals surface area contributed by atoms with E-state index in [9.17, 15) is 9.59 Å².